The van der Waals surface area contributed by atoms with Crippen molar-refractivity contribution >= 4 is 11.9 Å². The standard InChI is InChI=1S/C5H10O2.C3H6O2/c1-4(2)7-5(3)6;1-3(4)5-2/h4H,1-3H3;1-2H3. The molecule has 0 N–H and O–H groups in total. The molecule has 0 unspecified atom stereocenters. The van der Waals surface area contributed by atoms with Crippen LogP contribution in [-0.4, -0.2) is 25.2 Å². The predicted octanol–water partition coefficient (Wildman–Crippen LogP) is 1.14. The first-order valence-corrected chi connectivity index (χ1v) is 3.62. The largest absolute Gasteiger partial charge is 0.469 e. The minimum absolute atomic E-state index is 0.0255. The molecule has 0 saturated heterocycles. The Morgan fingerprint density at radius 3 is 1.42 bits per heavy atom. The van der Waals surface area contributed by atoms with Crippen molar-refractivity contribution in [2.24, 2.45) is 0 Å². The van der Waals surface area contributed by atoms with Gasteiger partial charge in [-0.3, -0.25) is 9.59 Å². The molecule has 0 aliphatic heterocycles. The van der Waals surface area contributed by atoms with Crippen molar-refractivity contribution in [1.29, 1.82) is 0 Å². The third-order valence-electron chi connectivity index (χ3n) is 0.689. The predicted molar refractivity (Wildman–Crippen MR) is 44.6 cm³/mol. The van der Waals surface area contributed by atoms with Gasteiger partial charge < -0.3 is 9.47 Å². The average molecular weight is 176 g/mol. The van der Waals surface area contributed by atoms with E-state index in [1.165, 1.54) is 21.0 Å². The third-order valence-corrected chi connectivity index (χ3v) is 0.689. The van der Waals surface area contributed by atoms with Crippen molar-refractivity contribution < 1.29 is 19.1 Å². The smallest absolute Gasteiger partial charge is 0.302 e. The molecule has 0 aliphatic carbocycles. The van der Waals surface area contributed by atoms with Crippen LogP contribution >= 0.6 is 0 Å². The lowest BCUT2D eigenvalue weighted by Crippen LogP contribution is -2.06. The summed E-state index contributed by atoms with van der Waals surface area (Å²) in [7, 11) is 1.35. The minimum atomic E-state index is -0.245. The van der Waals surface area contributed by atoms with Gasteiger partial charge in [-0.25, -0.2) is 0 Å². The lowest BCUT2D eigenvalue weighted by atomic mass is 10.5. The van der Waals surface area contributed by atoms with Crippen LogP contribution in [0.5, 0.6) is 0 Å². The van der Waals surface area contributed by atoms with Gasteiger partial charge >= 0.3 is 11.9 Å². The average Bonchev–Trinajstić information content (AvgIpc) is 1.85. The van der Waals surface area contributed by atoms with Crippen LogP contribution < -0.4 is 0 Å². The van der Waals surface area contributed by atoms with E-state index in [9.17, 15) is 9.59 Å². The summed E-state index contributed by atoms with van der Waals surface area (Å²) in [6.45, 7) is 6.41. The molecule has 12 heavy (non-hydrogen) atoms. The summed E-state index contributed by atoms with van der Waals surface area (Å²) >= 11 is 0. The topological polar surface area (TPSA) is 52.6 Å². The van der Waals surface area contributed by atoms with Crippen LogP contribution in [0.3, 0.4) is 0 Å². The fraction of sp³-hybridized carbons (Fsp3) is 0.750. The molecule has 0 heterocycles. The highest BCUT2D eigenvalue weighted by molar-refractivity contribution is 5.66. The van der Waals surface area contributed by atoms with Crippen LogP contribution in [0, 0.1) is 0 Å². The number of ether oxygens (including phenoxy) is 2. The molecule has 0 bridgehead atoms. The Hall–Kier alpha value is -1.06. The van der Waals surface area contributed by atoms with Crippen molar-refractivity contribution in [3.05, 3.63) is 0 Å². The molecule has 0 aromatic heterocycles. The van der Waals surface area contributed by atoms with Gasteiger partial charge in [0.2, 0.25) is 0 Å². The van der Waals surface area contributed by atoms with Crippen LogP contribution in [0.2, 0.25) is 0 Å². The second-order valence-electron chi connectivity index (χ2n) is 2.35. The molecule has 0 amide bonds. The maximum atomic E-state index is 10.0. The van der Waals surface area contributed by atoms with E-state index in [0.717, 1.165) is 0 Å². The fourth-order valence-corrected chi connectivity index (χ4v) is 0.332. The normalized spacial score (nSPS) is 8.17. The van der Waals surface area contributed by atoms with E-state index >= 15 is 0 Å². The summed E-state index contributed by atoms with van der Waals surface area (Å²) in [6, 6.07) is 0. The first-order chi connectivity index (χ1) is 5.40. The Labute approximate surface area is 72.8 Å². The van der Waals surface area contributed by atoms with Gasteiger partial charge in [0, 0.05) is 13.8 Å². The van der Waals surface area contributed by atoms with Gasteiger partial charge in [-0.1, -0.05) is 0 Å². The Morgan fingerprint density at radius 2 is 1.42 bits per heavy atom. The second-order valence-corrected chi connectivity index (χ2v) is 2.35. The number of methoxy groups -OCH3 is 1. The number of carbonyl (C=O) groups is 2. The molecule has 0 rings (SSSR count). The fourth-order valence-electron chi connectivity index (χ4n) is 0.332. The van der Waals surface area contributed by atoms with Crippen molar-refractivity contribution in [2.45, 2.75) is 33.8 Å². The van der Waals surface area contributed by atoms with Gasteiger partial charge in [0.05, 0.1) is 13.2 Å². The van der Waals surface area contributed by atoms with Crippen LogP contribution in [0.4, 0.5) is 0 Å². The van der Waals surface area contributed by atoms with E-state index in [2.05, 4.69) is 9.47 Å². The Kier molecular flexibility index (Phi) is 9.06. The van der Waals surface area contributed by atoms with E-state index < -0.39 is 0 Å². The Bertz CT molecular complexity index is 140. The Balaban J connectivity index is 0. The summed E-state index contributed by atoms with van der Waals surface area (Å²) in [6.07, 6.45) is 0.0255. The van der Waals surface area contributed by atoms with Gasteiger partial charge in [0.1, 0.15) is 0 Å². The lowest BCUT2D eigenvalue weighted by Gasteiger charge is -2.01. The first kappa shape index (κ1) is 13.5. The van der Waals surface area contributed by atoms with Crippen LogP contribution in [0.1, 0.15) is 27.7 Å². The van der Waals surface area contributed by atoms with Gasteiger partial charge in [0.25, 0.3) is 0 Å². The molecule has 0 saturated carbocycles. The maximum Gasteiger partial charge on any atom is 0.302 e. The number of hydrogen-bond acceptors (Lipinski definition) is 4. The highest BCUT2D eigenvalue weighted by Crippen LogP contribution is 1.85. The zero-order chi connectivity index (χ0) is 10.1. The maximum absolute atomic E-state index is 10.0. The number of rotatable bonds is 1. The quantitative estimate of drug-likeness (QED) is 0.562. The molecule has 0 aromatic carbocycles. The third kappa shape index (κ3) is 23.1. The summed E-state index contributed by atoms with van der Waals surface area (Å²) in [5, 5.41) is 0. The summed E-state index contributed by atoms with van der Waals surface area (Å²) in [4.78, 5) is 19.6. The lowest BCUT2D eigenvalue weighted by molar-refractivity contribution is -0.144. The number of hydrogen-bond donors (Lipinski definition) is 0. The molecule has 0 aromatic rings. The molecule has 0 spiro atoms. The van der Waals surface area contributed by atoms with Crippen molar-refractivity contribution in [3.8, 4) is 0 Å². The summed E-state index contributed by atoms with van der Waals surface area (Å²) in [5.74, 6) is -0.458. The van der Waals surface area contributed by atoms with E-state index in [-0.39, 0.29) is 18.0 Å². The monoisotopic (exact) mass is 176 g/mol. The highest BCUT2D eigenvalue weighted by Gasteiger charge is 1.93. The second kappa shape index (κ2) is 8.04. The molecule has 0 fully saturated rings. The first-order valence-electron chi connectivity index (χ1n) is 3.62. The molecule has 72 valence electrons. The van der Waals surface area contributed by atoms with E-state index in [1.807, 2.05) is 13.8 Å². The molecular weight excluding hydrogens is 160 g/mol. The van der Waals surface area contributed by atoms with Crippen molar-refractivity contribution in [3.63, 3.8) is 0 Å². The molecule has 0 aliphatic rings. The van der Waals surface area contributed by atoms with Crippen molar-refractivity contribution in [1.82, 2.24) is 0 Å². The number of esters is 2. The summed E-state index contributed by atoms with van der Waals surface area (Å²) < 4.78 is 8.72. The van der Waals surface area contributed by atoms with Gasteiger partial charge in [-0.05, 0) is 13.8 Å². The van der Waals surface area contributed by atoms with E-state index in [1.54, 1.807) is 0 Å². The van der Waals surface area contributed by atoms with E-state index in [0.29, 0.717) is 0 Å². The summed E-state index contributed by atoms with van der Waals surface area (Å²) in [5.41, 5.74) is 0. The van der Waals surface area contributed by atoms with Gasteiger partial charge in [-0.15, -0.1) is 0 Å². The van der Waals surface area contributed by atoms with Gasteiger partial charge in [0.15, 0.2) is 0 Å². The minimum Gasteiger partial charge on any atom is -0.469 e. The molecular formula is C8H16O4. The van der Waals surface area contributed by atoms with Gasteiger partial charge in [-0.2, -0.15) is 0 Å². The van der Waals surface area contributed by atoms with Crippen LogP contribution in [0.15, 0.2) is 0 Å². The molecule has 4 heteroatoms. The zero-order valence-corrected chi connectivity index (χ0v) is 8.21. The Morgan fingerprint density at radius 1 is 1.08 bits per heavy atom. The number of carbonyl (C=O) groups excluding carboxylic acids is 2. The van der Waals surface area contributed by atoms with Crippen LogP contribution in [-0.2, 0) is 19.1 Å². The SMILES string of the molecule is CC(=O)OC(C)C.COC(C)=O. The van der Waals surface area contributed by atoms with Crippen LogP contribution in [0.25, 0.3) is 0 Å². The molecule has 0 radical (unpaired) electrons. The molecule has 4 nitrogen and oxygen atoms in total. The van der Waals surface area contributed by atoms with E-state index in [4.69, 9.17) is 0 Å². The molecule has 0 atom stereocenters. The highest BCUT2D eigenvalue weighted by atomic mass is 16.5. The van der Waals surface area contributed by atoms with Crippen molar-refractivity contribution in [2.75, 3.05) is 7.11 Å². The zero-order valence-electron chi connectivity index (χ0n) is 8.21.